The van der Waals surface area contributed by atoms with E-state index >= 15 is 0 Å². The summed E-state index contributed by atoms with van der Waals surface area (Å²) in [6, 6.07) is 0.199. The summed E-state index contributed by atoms with van der Waals surface area (Å²) >= 11 is 1.64. The molecule has 2 aliphatic heterocycles. The maximum Gasteiger partial charge on any atom is 0.410 e. The Labute approximate surface area is 113 Å². The number of piperidine rings is 1. The lowest BCUT2D eigenvalue weighted by molar-refractivity contribution is 0.00697. The van der Waals surface area contributed by atoms with Crippen LogP contribution in [0.15, 0.2) is 11.5 Å². The van der Waals surface area contributed by atoms with Gasteiger partial charge in [0.25, 0.3) is 0 Å². The zero-order chi connectivity index (χ0) is 13.4. The highest BCUT2D eigenvalue weighted by molar-refractivity contribution is 8.00. The van der Waals surface area contributed by atoms with Crippen molar-refractivity contribution in [2.75, 3.05) is 6.54 Å². The molecule has 0 saturated carbocycles. The number of amides is 1. The van der Waals surface area contributed by atoms with Crippen LogP contribution >= 0.6 is 11.9 Å². The molecule has 2 aliphatic rings. The summed E-state index contributed by atoms with van der Waals surface area (Å²) in [5, 5.41) is 2.09. The van der Waals surface area contributed by atoms with Gasteiger partial charge in [0.1, 0.15) is 5.60 Å². The van der Waals surface area contributed by atoms with Crippen LogP contribution in [0.3, 0.4) is 0 Å². The Hall–Kier alpha value is -0.680. The molecule has 1 amide bonds. The minimum atomic E-state index is -0.423. The Balaban J connectivity index is 1.97. The molecule has 0 radical (unpaired) electrons. The van der Waals surface area contributed by atoms with E-state index in [4.69, 9.17) is 4.74 Å². The molecule has 2 rings (SSSR count). The molecule has 4 nitrogen and oxygen atoms in total. The molecule has 5 heteroatoms. The third-order valence-electron chi connectivity index (χ3n) is 3.34. The minimum absolute atomic E-state index is 0.0720. The van der Waals surface area contributed by atoms with Gasteiger partial charge in [-0.05, 0) is 45.9 Å². The number of rotatable bonds is 0. The van der Waals surface area contributed by atoms with Crippen LogP contribution in [0.5, 0.6) is 0 Å². The average molecular weight is 270 g/mol. The summed E-state index contributed by atoms with van der Waals surface area (Å²) < 4.78 is 8.88. The standard InChI is InChI=1S/C13H22N2O2S/c1-10-9-13(6-8-18-14-13)5-7-15(10)11(16)17-12(2,3)4/h6,8,10,14H,5,7,9H2,1-4H3/t10-,13-/m0/s1. The first kappa shape index (κ1) is 13.7. The number of ether oxygens (including phenoxy) is 1. The summed E-state index contributed by atoms with van der Waals surface area (Å²) in [4.78, 5) is 13.9. The summed E-state index contributed by atoms with van der Waals surface area (Å²) in [7, 11) is 0. The lowest BCUT2D eigenvalue weighted by atomic mass is 9.85. The van der Waals surface area contributed by atoms with Crippen LogP contribution in [-0.2, 0) is 4.74 Å². The quantitative estimate of drug-likeness (QED) is 0.687. The van der Waals surface area contributed by atoms with Crippen molar-refractivity contribution >= 4 is 18.0 Å². The van der Waals surface area contributed by atoms with E-state index < -0.39 is 5.60 Å². The van der Waals surface area contributed by atoms with Gasteiger partial charge in [0.05, 0.1) is 5.54 Å². The van der Waals surface area contributed by atoms with Crippen LogP contribution in [0.2, 0.25) is 0 Å². The molecule has 0 bridgehead atoms. The van der Waals surface area contributed by atoms with Crippen LogP contribution in [0.1, 0.15) is 40.5 Å². The summed E-state index contributed by atoms with van der Waals surface area (Å²) in [5.74, 6) is 0. The first-order chi connectivity index (χ1) is 8.31. The van der Waals surface area contributed by atoms with Crippen LogP contribution in [0.25, 0.3) is 0 Å². The zero-order valence-electron chi connectivity index (χ0n) is 11.5. The Morgan fingerprint density at radius 2 is 2.28 bits per heavy atom. The fourth-order valence-electron chi connectivity index (χ4n) is 2.47. The van der Waals surface area contributed by atoms with Gasteiger partial charge in [-0.1, -0.05) is 18.0 Å². The number of carbonyl (C=O) groups is 1. The molecule has 2 heterocycles. The van der Waals surface area contributed by atoms with Crippen molar-refractivity contribution < 1.29 is 9.53 Å². The normalized spacial score (nSPS) is 32.0. The second-order valence-corrected chi connectivity index (χ2v) is 6.87. The smallest absolute Gasteiger partial charge is 0.410 e. The fourth-order valence-corrected chi connectivity index (χ4v) is 3.35. The van der Waals surface area contributed by atoms with Crippen LogP contribution < -0.4 is 4.72 Å². The average Bonchev–Trinajstić information content (AvgIpc) is 2.63. The van der Waals surface area contributed by atoms with Crippen molar-refractivity contribution in [2.24, 2.45) is 0 Å². The fraction of sp³-hybridized carbons (Fsp3) is 0.769. The van der Waals surface area contributed by atoms with E-state index in [2.05, 4.69) is 23.1 Å². The van der Waals surface area contributed by atoms with Gasteiger partial charge in [0, 0.05) is 12.6 Å². The molecule has 18 heavy (non-hydrogen) atoms. The number of carbonyl (C=O) groups excluding carboxylic acids is 1. The molecule has 1 saturated heterocycles. The largest absolute Gasteiger partial charge is 0.444 e. The van der Waals surface area contributed by atoms with Gasteiger partial charge in [0.15, 0.2) is 0 Å². The SMILES string of the molecule is C[C@H]1C[C@@]2(C=CSN2)CCN1C(=O)OC(C)(C)C. The molecule has 102 valence electrons. The molecule has 0 aliphatic carbocycles. The van der Waals surface area contributed by atoms with E-state index in [-0.39, 0.29) is 17.7 Å². The molecule has 1 N–H and O–H groups in total. The van der Waals surface area contributed by atoms with E-state index in [0.29, 0.717) is 0 Å². The molecule has 1 spiro atoms. The van der Waals surface area contributed by atoms with Crippen LogP contribution in [-0.4, -0.2) is 34.7 Å². The zero-order valence-corrected chi connectivity index (χ0v) is 12.3. The van der Waals surface area contributed by atoms with Gasteiger partial charge in [-0.15, -0.1) is 0 Å². The highest BCUT2D eigenvalue weighted by atomic mass is 32.2. The maximum absolute atomic E-state index is 12.1. The van der Waals surface area contributed by atoms with E-state index in [1.165, 1.54) is 0 Å². The molecule has 0 aromatic rings. The van der Waals surface area contributed by atoms with Gasteiger partial charge >= 0.3 is 6.09 Å². The lowest BCUT2D eigenvalue weighted by Crippen LogP contribution is -2.54. The molecule has 0 aromatic carbocycles. The van der Waals surface area contributed by atoms with Crippen LogP contribution in [0, 0.1) is 0 Å². The Bertz CT molecular complexity index is 364. The minimum Gasteiger partial charge on any atom is -0.444 e. The first-order valence-corrected chi connectivity index (χ1v) is 7.29. The Kier molecular flexibility index (Phi) is 3.65. The predicted molar refractivity (Wildman–Crippen MR) is 74.2 cm³/mol. The maximum atomic E-state index is 12.1. The van der Waals surface area contributed by atoms with Crippen molar-refractivity contribution in [3.05, 3.63) is 11.5 Å². The highest BCUT2D eigenvalue weighted by Gasteiger charge is 2.40. The van der Waals surface area contributed by atoms with Gasteiger partial charge in [-0.3, -0.25) is 4.72 Å². The summed E-state index contributed by atoms with van der Waals surface area (Å²) in [6.45, 7) is 8.54. The van der Waals surface area contributed by atoms with Crippen molar-refractivity contribution in [2.45, 2.75) is 57.7 Å². The van der Waals surface area contributed by atoms with Crippen molar-refractivity contribution in [3.8, 4) is 0 Å². The van der Waals surface area contributed by atoms with E-state index in [9.17, 15) is 4.79 Å². The summed E-state index contributed by atoms with van der Waals surface area (Å²) in [6.07, 6.45) is 3.91. The second-order valence-electron chi connectivity index (χ2n) is 6.16. The molecular formula is C13H22N2O2S. The summed E-state index contributed by atoms with van der Waals surface area (Å²) in [5.41, 5.74) is -0.351. The number of hydrogen-bond acceptors (Lipinski definition) is 4. The molecule has 2 atom stereocenters. The van der Waals surface area contributed by atoms with Crippen molar-refractivity contribution in [1.29, 1.82) is 0 Å². The lowest BCUT2D eigenvalue weighted by Gasteiger charge is -2.42. The Morgan fingerprint density at radius 1 is 1.56 bits per heavy atom. The predicted octanol–water partition coefficient (Wildman–Crippen LogP) is 2.91. The molecular weight excluding hydrogens is 248 g/mol. The number of likely N-dealkylation sites (tertiary alicyclic amines) is 1. The highest BCUT2D eigenvalue weighted by Crippen LogP contribution is 2.34. The molecule has 0 aromatic heterocycles. The molecule has 0 unspecified atom stereocenters. The van der Waals surface area contributed by atoms with E-state index in [0.717, 1.165) is 19.4 Å². The number of hydrogen-bond donors (Lipinski definition) is 1. The Morgan fingerprint density at radius 3 is 2.78 bits per heavy atom. The monoisotopic (exact) mass is 270 g/mol. The van der Waals surface area contributed by atoms with Gasteiger partial charge in [0.2, 0.25) is 0 Å². The van der Waals surface area contributed by atoms with Crippen molar-refractivity contribution in [1.82, 2.24) is 9.62 Å². The number of nitrogens with one attached hydrogen (secondary N) is 1. The number of nitrogens with zero attached hydrogens (tertiary/aromatic N) is 1. The van der Waals surface area contributed by atoms with E-state index in [1.807, 2.05) is 25.7 Å². The topological polar surface area (TPSA) is 41.6 Å². The first-order valence-electron chi connectivity index (χ1n) is 6.41. The molecule has 1 fully saturated rings. The van der Waals surface area contributed by atoms with Gasteiger partial charge in [-0.25, -0.2) is 4.79 Å². The van der Waals surface area contributed by atoms with Crippen LogP contribution in [0.4, 0.5) is 4.79 Å². The van der Waals surface area contributed by atoms with E-state index in [1.54, 1.807) is 11.9 Å². The second kappa shape index (κ2) is 4.78. The van der Waals surface area contributed by atoms with Gasteiger partial charge in [-0.2, -0.15) is 0 Å². The third-order valence-corrected chi connectivity index (χ3v) is 4.13. The third kappa shape index (κ3) is 3.01. The van der Waals surface area contributed by atoms with Crippen molar-refractivity contribution in [3.63, 3.8) is 0 Å². The van der Waals surface area contributed by atoms with Gasteiger partial charge < -0.3 is 9.64 Å².